The topological polar surface area (TPSA) is 60.8 Å². The van der Waals surface area contributed by atoms with E-state index in [4.69, 9.17) is 0 Å². The number of aromatic carboxylic acids is 1. The van der Waals surface area contributed by atoms with Crippen LogP contribution in [0.1, 0.15) is 33.8 Å². The summed E-state index contributed by atoms with van der Waals surface area (Å²) in [4.78, 5) is 13.4. The summed E-state index contributed by atoms with van der Waals surface area (Å²) in [6, 6.07) is 17.2. The maximum absolute atomic E-state index is 11.3. The van der Waals surface area contributed by atoms with Crippen molar-refractivity contribution in [3.8, 4) is 0 Å². The van der Waals surface area contributed by atoms with Crippen molar-refractivity contribution in [2.45, 2.75) is 25.0 Å². The molecule has 1 aliphatic heterocycles. The summed E-state index contributed by atoms with van der Waals surface area (Å²) in [7, 11) is 0. The quantitative estimate of drug-likeness (QED) is 0.911. The Morgan fingerprint density at radius 2 is 1.78 bits per heavy atom. The van der Waals surface area contributed by atoms with Crippen LogP contribution in [0.3, 0.4) is 0 Å². The molecule has 0 aromatic heterocycles. The molecule has 1 fully saturated rings. The maximum Gasteiger partial charge on any atom is 0.336 e. The Morgan fingerprint density at radius 1 is 1.09 bits per heavy atom. The van der Waals surface area contributed by atoms with Crippen LogP contribution in [0.2, 0.25) is 0 Å². The SMILES string of the molecule is O=C(O)c1ccccc1CN1CC[C@H](c2ccccc2)[C@H](O)C1. The highest BCUT2D eigenvalue weighted by molar-refractivity contribution is 5.89. The lowest BCUT2D eigenvalue weighted by Crippen LogP contribution is -2.42. The van der Waals surface area contributed by atoms with Gasteiger partial charge in [-0.3, -0.25) is 4.90 Å². The number of hydrogen-bond donors (Lipinski definition) is 2. The molecule has 0 radical (unpaired) electrons. The first-order valence-electron chi connectivity index (χ1n) is 7.91. The van der Waals surface area contributed by atoms with Gasteiger partial charge in [-0.25, -0.2) is 4.79 Å². The number of rotatable bonds is 4. The molecule has 4 nitrogen and oxygen atoms in total. The number of aliphatic hydroxyl groups excluding tert-OH is 1. The van der Waals surface area contributed by atoms with Crippen molar-refractivity contribution in [1.82, 2.24) is 4.90 Å². The van der Waals surface area contributed by atoms with Crippen LogP contribution in [0, 0.1) is 0 Å². The number of benzene rings is 2. The summed E-state index contributed by atoms with van der Waals surface area (Å²) in [5.41, 5.74) is 2.31. The van der Waals surface area contributed by atoms with Gasteiger partial charge in [0.2, 0.25) is 0 Å². The smallest absolute Gasteiger partial charge is 0.336 e. The third-order valence-electron chi connectivity index (χ3n) is 4.54. The number of hydrogen-bond acceptors (Lipinski definition) is 3. The number of carbonyl (C=O) groups is 1. The third-order valence-corrected chi connectivity index (χ3v) is 4.54. The van der Waals surface area contributed by atoms with Crippen molar-refractivity contribution in [3.63, 3.8) is 0 Å². The van der Waals surface area contributed by atoms with Crippen LogP contribution in [-0.4, -0.2) is 40.3 Å². The Balaban J connectivity index is 1.68. The Morgan fingerprint density at radius 3 is 2.48 bits per heavy atom. The number of β-amino-alcohol motifs (C(OH)–C–C–N with tert-alkyl or cyclic N) is 1. The van der Waals surface area contributed by atoms with Crippen LogP contribution in [0.25, 0.3) is 0 Å². The largest absolute Gasteiger partial charge is 0.478 e. The van der Waals surface area contributed by atoms with Crippen molar-refractivity contribution in [1.29, 1.82) is 0 Å². The van der Waals surface area contributed by atoms with Gasteiger partial charge in [0.1, 0.15) is 0 Å². The van der Waals surface area contributed by atoms with Crippen LogP contribution in [0.4, 0.5) is 0 Å². The summed E-state index contributed by atoms with van der Waals surface area (Å²) in [6.07, 6.45) is 0.448. The van der Waals surface area contributed by atoms with Crippen molar-refractivity contribution >= 4 is 5.97 Å². The highest BCUT2D eigenvalue weighted by atomic mass is 16.4. The van der Waals surface area contributed by atoms with Gasteiger partial charge in [-0.2, -0.15) is 0 Å². The molecule has 2 atom stereocenters. The molecule has 2 N–H and O–H groups in total. The molecule has 1 saturated heterocycles. The van der Waals surface area contributed by atoms with Gasteiger partial charge in [0, 0.05) is 19.0 Å². The summed E-state index contributed by atoms with van der Waals surface area (Å²) in [6.45, 7) is 1.97. The molecule has 4 heteroatoms. The van der Waals surface area contributed by atoms with E-state index in [2.05, 4.69) is 17.0 Å². The van der Waals surface area contributed by atoms with Gasteiger partial charge in [0.25, 0.3) is 0 Å². The molecule has 0 bridgehead atoms. The number of piperidine rings is 1. The predicted octanol–water partition coefficient (Wildman–Crippen LogP) is 2.74. The molecule has 2 aromatic rings. The second-order valence-electron chi connectivity index (χ2n) is 6.07. The monoisotopic (exact) mass is 311 g/mol. The Kier molecular flexibility index (Phi) is 4.74. The molecule has 0 saturated carbocycles. The highest BCUT2D eigenvalue weighted by Gasteiger charge is 2.29. The number of likely N-dealkylation sites (tertiary alicyclic amines) is 1. The lowest BCUT2D eigenvalue weighted by atomic mass is 9.87. The van der Waals surface area contributed by atoms with Crippen LogP contribution in [0.5, 0.6) is 0 Å². The van der Waals surface area contributed by atoms with Crippen molar-refractivity contribution in [2.75, 3.05) is 13.1 Å². The van der Waals surface area contributed by atoms with Crippen LogP contribution in [-0.2, 0) is 6.54 Å². The molecule has 0 aliphatic carbocycles. The zero-order valence-corrected chi connectivity index (χ0v) is 12.9. The van der Waals surface area contributed by atoms with Gasteiger partial charge in [-0.15, -0.1) is 0 Å². The van der Waals surface area contributed by atoms with Gasteiger partial charge < -0.3 is 10.2 Å². The number of nitrogens with zero attached hydrogens (tertiary/aromatic N) is 1. The average Bonchev–Trinajstić information content (AvgIpc) is 2.56. The van der Waals surface area contributed by atoms with E-state index in [0.29, 0.717) is 18.7 Å². The first-order chi connectivity index (χ1) is 11.1. The fraction of sp³-hybridized carbons (Fsp3) is 0.316. The Hall–Kier alpha value is -2.17. The van der Waals surface area contributed by atoms with Crippen LogP contribution in [0.15, 0.2) is 54.6 Å². The Labute approximate surface area is 136 Å². The molecule has 1 aliphatic rings. The normalized spacial score (nSPS) is 22.0. The Bertz CT molecular complexity index is 671. The second kappa shape index (κ2) is 6.94. The molecule has 120 valence electrons. The van der Waals surface area contributed by atoms with Crippen molar-refractivity contribution < 1.29 is 15.0 Å². The first-order valence-corrected chi connectivity index (χ1v) is 7.91. The predicted molar refractivity (Wildman–Crippen MR) is 88.5 cm³/mol. The molecule has 23 heavy (non-hydrogen) atoms. The van der Waals surface area contributed by atoms with E-state index in [-0.39, 0.29) is 5.92 Å². The number of aliphatic hydroxyl groups is 1. The molecule has 1 heterocycles. The number of carboxylic acids is 1. The molecule has 3 rings (SSSR count). The first kappa shape index (κ1) is 15.7. The van der Waals surface area contributed by atoms with E-state index in [1.165, 1.54) is 5.56 Å². The minimum absolute atomic E-state index is 0.155. The summed E-state index contributed by atoms with van der Waals surface area (Å²) >= 11 is 0. The summed E-state index contributed by atoms with van der Waals surface area (Å²) in [5, 5.41) is 19.8. The summed E-state index contributed by atoms with van der Waals surface area (Å²) < 4.78 is 0. The highest BCUT2D eigenvalue weighted by Crippen LogP contribution is 2.29. The number of carboxylic acid groups (broad SMARTS) is 1. The third kappa shape index (κ3) is 3.60. The molecule has 0 amide bonds. The maximum atomic E-state index is 11.3. The molecular weight excluding hydrogens is 290 g/mol. The molecule has 0 unspecified atom stereocenters. The molecule has 0 spiro atoms. The van der Waals surface area contributed by atoms with Crippen molar-refractivity contribution in [2.24, 2.45) is 0 Å². The second-order valence-corrected chi connectivity index (χ2v) is 6.07. The van der Waals surface area contributed by atoms with E-state index in [9.17, 15) is 15.0 Å². The minimum atomic E-state index is -0.902. The fourth-order valence-corrected chi connectivity index (χ4v) is 3.34. The van der Waals surface area contributed by atoms with Gasteiger partial charge in [-0.05, 0) is 30.2 Å². The van der Waals surface area contributed by atoms with Gasteiger partial charge in [0.15, 0.2) is 0 Å². The van der Waals surface area contributed by atoms with E-state index < -0.39 is 12.1 Å². The van der Waals surface area contributed by atoms with Gasteiger partial charge in [-0.1, -0.05) is 48.5 Å². The lowest BCUT2D eigenvalue weighted by Gasteiger charge is -2.36. The van der Waals surface area contributed by atoms with Crippen LogP contribution < -0.4 is 0 Å². The fourth-order valence-electron chi connectivity index (χ4n) is 3.34. The molecule has 2 aromatic carbocycles. The van der Waals surface area contributed by atoms with Gasteiger partial charge >= 0.3 is 5.97 Å². The van der Waals surface area contributed by atoms with Gasteiger partial charge in [0.05, 0.1) is 11.7 Å². The van der Waals surface area contributed by atoms with Crippen molar-refractivity contribution in [3.05, 3.63) is 71.3 Å². The van der Waals surface area contributed by atoms with E-state index in [1.807, 2.05) is 30.3 Å². The lowest BCUT2D eigenvalue weighted by molar-refractivity contribution is 0.0473. The zero-order valence-electron chi connectivity index (χ0n) is 12.9. The molecular formula is C19H21NO3. The van der Waals surface area contributed by atoms with E-state index in [0.717, 1.165) is 18.5 Å². The van der Waals surface area contributed by atoms with Crippen LogP contribution >= 0.6 is 0 Å². The standard InChI is InChI=1S/C19H21NO3/c21-18-13-20(11-10-16(18)14-6-2-1-3-7-14)12-15-8-4-5-9-17(15)19(22)23/h1-9,16,18,21H,10-13H2,(H,22,23)/t16-,18-/m1/s1. The van der Waals surface area contributed by atoms with E-state index in [1.54, 1.807) is 12.1 Å². The zero-order chi connectivity index (χ0) is 16.2. The van der Waals surface area contributed by atoms with E-state index >= 15 is 0 Å². The average molecular weight is 311 g/mol. The minimum Gasteiger partial charge on any atom is -0.478 e. The summed E-state index contributed by atoms with van der Waals surface area (Å²) in [5.74, 6) is -0.748.